The van der Waals surface area contributed by atoms with Crippen molar-refractivity contribution in [2.75, 3.05) is 24.7 Å². The molecule has 0 heterocycles. The molecule has 0 aromatic heterocycles. The van der Waals surface area contributed by atoms with Crippen molar-refractivity contribution in [3.05, 3.63) is 29.8 Å². The van der Waals surface area contributed by atoms with E-state index in [-0.39, 0.29) is 23.3 Å². The molecule has 114 valence electrons. The lowest BCUT2D eigenvalue weighted by molar-refractivity contribution is -0.0328. The van der Waals surface area contributed by atoms with Gasteiger partial charge in [0.05, 0.1) is 0 Å². The van der Waals surface area contributed by atoms with Gasteiger partial charge in [-0.05, 0) is 41.6 Å². The van der Waals surface area contributed by atoms with Crippen molar-refractivity contribution < 1.29 is 18.3 Å². The van der Waals surface area contributed by atoms with E-state index in [2.05, 4.69) is 5.32 Å². The van der Waals surface area contributed by atoms with Gasteiger partial charge >= 0.3 is 5.51 Å². The molecule has 20 heavy (non-hydrogen) atoms. The fourth-order valence-electron chi connectivity index (χ4n) is 1.45. The lowest BCUT2D eigenvalue weighted by Gasteiger charge is -2.07. The van der Waals surface area contributed by atoms with Crippen LogP contribution >= 0.6 is 23.5 Å². The molecule has 0 aliphatic carbocycles. The van der Waals surface area contributed by atoms with E-state index in [1.54, 1.807) is 23.9 Å². The molecule has 0 fully saturated rings. The first-order valence-electron chi connectivity index (χ1n) is 6.25. The SMILES string of the molecule is OCCCSCCNCc1ccc(SC(F)(F)F)cc1. The quantitative estimate of drug-likeness (QED) is 0.538. The Bertz CT molecular complexity index is 371. The Balaban J connectivity index is 2.18. The van der Waals surface area contributed by atoms with Crippen LogP contribution < -0.4 is 5.32 Å². The first-order valence-corrected chi connectivity index (χ1v) is 8.22. The number of hydrogen-bond donors (Lipinski definition) is 2. The second kappa shape index (κ2) is 9.55. The van der Waals surface area contributed by atoms with Crippen LogP contribution in [0.2, 0.25) is 0 Å². The summed E-state index contributed by atoms with van der Waals surface area (Å²) in [5.74, 6) is 1.91. The molecule has 1 aromatic rings. The minimum Gasteiger partial charge on any atom is -0.396 e. The highest BCUT2D eigenvalue weighted by molar-refractivity contribution is 8.00. The molecule has 7 heteroatoms. The zero-order valence-electron chi connectivity index (χ0n) is 10.9. The zero-order valence-corrected chi connectivity index (χ0v) is 12.6. The van der Waals surface area contributed by atoms with Gasteiger partial charge in [-0.25, -0.2) is 0 Å². The molecule has 0 aliphatic heterocycles. The minimum absolute atomic E-state index is 0.0952. The van der Waals surface area contributed by atoms with Crippen LogP contribution in [0.15, 0.2) is 29.2 Å². The summed E-state index contributed by atoms with van der Waals surface area (Å²) in [6, 6.07) is 6.40. The molecule has 0 atom stereocenters. The monoisotopic (exact) mass is 325 g/mol. The van der Waals surface area contributed by atoms with Crippen molar-refractivity contribution in [2.24, 2.45) is 0 Å². The number of benzene rings is 1. The molecular formula is C13H18F3NOS2. The van der Waals surface area contributed by atoms with Gasteiger partial charge in [0.1, 0.15) is 0 Å². The van der Waals surface area contributed by atoms with Crippen molar-refractivity contribution >= 4 is 23.5 Å². The van der Waals surface area contributed by atoms with Crippen LogP contribution in [0.3, 0.4) is 0 Å². The van der Waals surface area contributed by atoms with E-state index in [1.807, 2.05) is 0 Å². The maximum Gasteiger partial charge on any atom is 0.446 e. The van der Waals surface area contributed by atoms with Gasteiger partial charge < -0.3 is 10.4 Å². The summed E-state index contributed by atoms with van der Waals surface area (Å²) < 4.78 is 36.5. The number of rotatable bonds is 9. The highest BCUT2D eigenvalue weighted by Gasteiger charge is 2.28. The van der Waals surface area contributed by atoms with Crippen LogP contribution in [-0.4, -0.2) is 35.3 Å². The smallest absolute Gasteiger partial charge is 0.396 e. The van der Waals surface area contributed by atoms with Gasteiger partial charge in [0.2, 0.25) is 0 Å². The van der Waals surface area contributed by atoms with Gasteiger partial charge in [-0.3, -0.25) is 0 Å². The van der Waals surface area contributed by atoms with Gasteiger partial charge in [-0.2, -0.15) is 24.9 Å². The summed E-state index contributed by atoms with van der Waals surface area (Å²) in [6.45, 7) is 1.72. The normalized spacial score (nSPS) is 11.8. The van der Waals surface area contributed by atoms with E-state index in [0.29, 0.717) is 6.54 Å². The maximum absolute atomic E-state index is 12.2. The van der Waals surface area contributed by atoms with Crippen molar-refractivity contribution in [3.8, 4) is 0 Å². The number of aliphatic hydroxyl groups excluding tert-OH is 1. The zero-order chi connectivity index (χ0) is 14.8. The summed E-state index contributed by atoms with van der Waals surface area (Å²) in [6.07, 6.45) is 0.809. The Morgan fingerprint density at radius 2 is 1.80 bits per heavy atom. The molecule has 0 saturated carbocycles. The number of nitrogens with one attached hydrogen (secondary N) is 1. The summed E-state index contributed by atoms with van der Waals surface area (Å²) in [7, 11) is 0. The highest BCUT2D eigenvalue weighted by atomic mass is 32.2. The molecule has 2 nitrogen and oxygen atoms in total. The maximum atomic E-state index is 12.2. The van der Waals surface area contributed by atoms with Crippen LogP contribution in [0.1, 0.15) is 12.0 Å². The van der Waals surface area contributed by atoms with Crippen LogP contribution in [-0.2, 0) is 6.54 Å². The number of alkyl halides is 3. The third-order valence-corrected chi connectivity index (χ3v) is 4.17. The average molecular weight is 325 g/mol. The highest BCUT2D eigenvalue weighted by Crippen LogP contribution is 2.36. The van der Waals surface area contributed by atoms with Crippen LogP contribution in [0.4, 0.5) is 13.2 Å². The van der Waals surface area contributed by atoms with Gasteiger partial charge in [-0.1, -0.05) is 12.1 Å². The van der Waals surface area contributed by atoms with E-state index in [4.69, 9.17) is 5.11 Å². The number of hydrogen-bond acceptors (Lipinski definition) is 4. The number of aliphatic hydroxyl groups is 1. The van der Waals surface area contributed by atoms with Crippen molar-refractivity contribution in [1.29, 1.82) is 0 Å². The first-order chi connectivity index (χ1) is 9.51. The third kappa shape index (κ3) is 8.73. The topological polar surface area (TPSA) is 32.3 Å². The van der Waals surface area contributed by atoms with Crippen LogP contribution in [0.25, 0.3) is 0 Å². The standard InChI is InChI=1S/C13H18F3NOS2/c14-13(15,16)20-12-4-2-11(3-5-12)10-17-6-9-19-8-1-7-18/h2-5,17-18H,1,6-10H2. The van der Waals surface area contributed by atoms with E-state index in [0.717, 1.165) is 30.0 Å². The van der Waals surface area contributed by atoms with Gasteiger partial charge in [0.25, 0.3) is 0 Å². The molecule has 0 unspecified atom stereocenters. The Morgan fingerprint density at radius 1 is 1.10 bits per heavy atom. The molecule has 0 amide bonds. The molecule has 2 N–H and O–H groups in total. The fourth-order valence-corrected chi connectivity index (χ4v) is 2.82. The Kier molecular flexibility index (Phi) is 8.44. The van der Waals surface area contributed by atoms with E-state index in [1.165, 1.54) is 12.1 Å². The molecule has 0 bridgehead atoms. The van der Waals surface area contributed by atoms with Gasteiger partial charge in [-0.15, -0.1) is 0 Å². The van der Waals surface area contributed by atoms with Crippen LogP contribution in [0.5, 0.6) is 0 Å². The van der Waals surface area contributed by atoms with Crippen molar-refractivity contribution in [3.63, 3.8) is 0 Å². The molecule has 1 rings (SSSR count). The summed E-state index contributed by atoms with van der Waals surface area (Å²) in [4.78, 5) is 0.209. The minimum atomic E-state index is -4.23. The number of halogens is 3. The summed E-state index contributed by atoms with van der Waals surface area (Å²) in [5.41, 5.74) is -3.26. The second-order valence-electron chi connectivity index (χ2n) is 4.06. The Morgan fingerprint density at radius 3 is 2.40 bits per heavy atom. The Labute approximate surface area is 125 Å². The number of thioether (sulfide) groups is 2. The lowest BCUT2D eigenvalue weighted by Crippen LogP contribution is -2.16. The fraction of sp³-hybridized carbons (Fsp3) is 0.538. The summed E-state index contributed by atoms with van der Waals surface area (Å²) >= 11 is 1.68. The van der Waals surface area contributed by atoms with E-state index < -0.39 is 5.51 Å². The molecule has 0 saturated heterocycles. The molecule has 0 spiro atoms. The largest absolute Gasteiger partial charge is 0.446 e. The molecule has 0 radical (unpaired) electrons. The molecule has 0 aliphatic rings. The average Bonchev–Trinajstić information content (AvgIpc) is 2.38. The molecule has 1 aromatic carbocycles. The van der Waals surface area contributed by atoms with E-state index in [9.17, 15) is 13.2 Å². The van der Waals surface area contributed by atoms with Crippen molar-refractivity contribution in [1.82, 2.24) is 5.32 Å². The van der Waals surface area contributed by atoms with Gasteiger partial charge in [0, 0.05) is 30.3 Å². The Hall–Kier alpha value is -0.370. The lowest BCUT2D eigenvalue weighted by atomic mass is 10.2. The van der Waals surface area contributed by atoms with Crippen LogP contribution in [0, 0.1) is 0 Å². The predicted octanol–water partition coefficient (Wildman–Crippen LogP) is 3.50. The second-order valence-corrected chi connectivity index (χ2v) is 6.42. The van der Waals surface area contributed by atoms with Gasteiger partial charge in [0.15, 0.2) is 0 Å². The molecular weight excluding hydrogens is 307 g/mol. The third-order valence-electron chi connectivity index (χ3n) is 2.36. The van der Waals surface area contributed by atoms with E-state index >= 15 is 0 Å². The summed E-state index contributed by atoms with van der Waals surface area (Å²) in [5, 5.41) is 11.8. The first kappa shape index (κ1) is 17.7. The van der Waals surface area contributed by atoms with Crippen molar-refractivity contribution in [2.45, 2.75) is 23.4 Å². The predicted molar refractivity (Wildman–Crippen MR) is 79.1 cm³/mol.